The van der Waals surface area contributed by atoms with Crippen LogP contribution in [0.5, 0.6) is 0 Å². The lowest BCUT2D eigenvalue weighted by molar-refractivity contribution is 0.621. The maximum absolute atomic E-state index is 6.00. The Morgan fingerprint density at radius 1 is 1.60 bits per heavy atom. The molecule has 15 heavy (non-hydrogen) atoms. The molecule has 2 heterocycles. The van der Waals surface area contributed by atoms with Crippen molar-refractivity contribution in [3.05, 3.63) is 22.5 Å². The van der Waals surface area contributed by atoms with Crippen molar-refractivity contribution in [1.82, 2.24) is 24.6 Å². The van der Waals surface area contributed by atoms with Gasteiger partial charge in [-0.25, -0.2) is 4.68 Å². The molecule has 2 rings (SSSR count). The van der Waals surface area contributed by atoms with E-state index in [4.69, 9.17) is 11.6 Å². The molecule has 0 aromatic carbocycles. The highest BCUT2D eigenvalue weighted by atomic mass is 35.5. The number of nitrogens with zero attached hydrogens (tertiary/aromatic N) is 5. The molecule has 0 saturated carbocycles. The zero-order valence-corrected chi connectivity index (χ0v) is 9.96. The van der Waals surface area contributed by atoms with Gasteiger partial charge in [0.05, 0.1) is 34.4 Å². The van der Waals surface area contributed by atoms with Crippen molar-refractivity contribution in [3.8, 4) is 0 Å². The maximum Gasteiger partial charge on any atom is 0.0808 e. The van der Waals surface area contributed by atoms with Crippen LogP contribution in [-0.4, -0.2) is 24.6 Å². The standard InChI is InChI=1S/C8H10ClN5S/c1-5(9)7-3-10-12-14(7)4-8-6(2)11-13-15-8/h3,5H,4H2,1-2H3. The van der Waals surface area contributed by atoms with Crippen LogP contribution >= 0.6 is 23.1 Å². The van der Waals surface area contributed by atoms with Gasteiger partial charge in [0.25, 0.3) is 0 Å². The van der Waals surface area contributed by atoms with Crippen LogP contribution in [-0.2, 0) is 6.54 Å². The third-order valence-electron chi connectivity index (χ3n) is 2.09. The Morgan fingerprint density at radius 2 is 2.40 bits per heavy atom. The Balaban J connectivity index is 2.25. The van der Waals surface area contributed by atoms with Crippen LogP contribution in [0.15, 0.2) is 6.20 Å². The fourth-order valence-corrected chi connectivity index (χ4v) is 2.01. The number of aromatic nitrogens is 5. The third kappa shape index (κ3) is 2.15. The first kappa shape index (κ1) is 10.5. The second kappa shape index (κ2) is 4.24. The molecule has 2 aromatic heterocycles. The number of hydrogen-bond donors (Lipinski definition) is 0. The number of halogens is 1. The van der Waals surface area contributed by atoms with E-state index in [1.54, 1.807) is 10.9 Å². The fourth-order valence-electron chi connectivity index (χ4n) is 1.23. The van der Waals surface area contributed by atoms with E-state index in [0.717, 1.165) is 16.3 Å². The highest BCUT2D eigenvalue weighted by Gasteiger charge is 2.12. The zero-order chi connectivity index (χ0) is 10.8. The van der Waals surface area contributed by atoms with E-state index in [1.807, 2.05) is 13.8 Å². The molecule has 0 bridgehead atoms. The average Bonchev–Trinajstić information content (AvgIpc) is 2.77. The van der Waals surface area contributed by atoms with Crippen LogP contribution in [0.4, 0.5) is 0 Å². The van der Waals surface area contributed by atoms with Crippen molar-refractivity contribution in [2.45, 2.75) is 25.8 Å². The molecule has 7 heteroatoms. The molecule has 0 N–H and O–H groups in total. The normalized spacial score (nSPS) is 13.0. The van der Waals surface area contributed by atoms with Gasteiger partial charge in [0, 0.05) is 0 Å². The van der Waals surface area contributed by atoms with Crippen molar-refractivity contribution < 1.29 is 0 Å². The van der Waals surface area contributed by atoms with Gasteiger partial charge in [0.1, 0.15) is 0 Å². The van der Waals surface area contributed by atoms with Gasteiger partial charge in [-0.2, -0.15) is 0 Å². The van der Waals surface area contributed by atoms with E-state index in [1.165, 1.54) is 11.5 Å². The van der Waals surface area contributed by atoms with Crippen LogP contribution in [0, 0.1) is 6.92 Å². The van der Waals surface area contributed by atoms with Crippen molar-refractivity contribution in [1.29, 1.82) is 0 Å². The smallest absolute Gasteiger partial charge is 0.0808 e. The van der Waals surface area contributed by atoms with Crippen LogP contribution in [0.2, 0.25) is 0 Å². The van der Waals surface area contributed by atoms with Crippen molar-refractivity contribution in [3.63, 3.8) is 0 Å². The number of hydrogen-bond acceptors (Lipinski definition) is 5. The highest BCUT2D eigenvalue weighted by Crippen LogP contribution is 2.19. The van der Waals surface area contributed by atoms with Crippen LogP contribution in [0.25, 0.3) is 0 Å². The molecule has 0 aliphatic rings. The summed E-state index contributed by atoms with van der Waals surface area (Å²) in [5.74, 6) is 0. The van der Waals surface area contributed by atoms with E-state index in [9.17, 15) is 0 Å². The van der Waals surface area contributed by atoms with E-state index in [2.05, 4.69) is 19.9 Å². The van der Waals surface area contributed by atoms with Crippen molar-refractivity contribution >= 4 is 23.1 Å². The van der Waals surface area contributed by atoms with E-state index in [0.29, 0.717) is 6.54 Å². The molecular formula is C8H10ClN5S. The van der Waals surface area contributed by atoms with Gasteiger partial charge in [-0.15, -0.1) is 21.8 Å². The van der Waals surface area contributed by atoms with Crippen molar-refractivity contribution in [2.24, 2.45) is 0 Å². The van der Waals surface area contributed by atoms with Crippen molar-refractivity contribution in [2.75, 3.05) is 0 Å². The topological polar surface area (TPSA) is 56.5 Å². The summed E-state index contributed by atoms with van der Waals surface area (Å²) in [4.78, 5) is 1.08. The fraction of sp³-hybridized carbons (Fsp3) is 0.500. The molecule has 1 unspecified atom stereocenters. The van der Waals surface area contributed by atoms with E-state index in [-0.39, 0.29) is 5.38 Å². The maximum atomic E-state index is 6.00. The predicted octanol–water partition coefficient (Wildman–Crippen LogP) is 1.79. The third-order valence-corrected chi connectivity index (χ3v) is 3.13. The monoisotopic (exact) mass is 243 g/mol. The molecule has 0 aliphatic carbocycles. The Labute approximate surface area is 96.2 Å². The first-order valence-electron chi connectivity index (χ1n) is 4.48. The zero-order valence-electron chi connectivity index (χ0n) is 8.38. The van der Waals surface area contributed by atoms with E-state index < -0.39 is 0 Å². The molecule has 0 aliphatic heterocycles. The molecule has 0 amide bonds. The summed E-state index contributed by atoms with van der Waals surface area (Å²) in [6, 6.07) is 0. The lowest BCUT2D eigenvalue weighted by Crippen LogP contribution is -2.06. The minimum Gasteiger partial charge on any atom is -0.243 e. The first-order chi connectivity index (χ1) is 7.18. The van der Waals surface area contributed by atoms with Gasteiger partial charge in [-0.3, -0.25) is 0 Å². The van der Waals surface area contributed by atoms with Gasteiger partial charge in [-0.1, -0.05) is 9.70 Å². The second-order valence-electron chi connectivity index (χ2n) is 3.21. The Kier molecular flexibility index (Phi) is 2.97. The average molecular weight is 244 g/mol. The summed E-state index contributed by atoms with van der Waals surface area (Å²) in [5.41, 5.74) is 1.84. The minimum absolute atomic E-state index is 0.0961. The molecule has 0 spiro atoms. The first-order valence-corrected chi connectivity index (χ1v) is 5.69. The SMILES string of the molecule is Cc1nnsc1Cn1nncc1C(C)Cl. The van der Waals surface area contributed by atoms with Crippen LogP contribution in [0.1, 0.15) is 28.6 Å². The highest BCUT2D eigenvalue weighted by molar-refractivity contribution is 7.05. The van der Waals surface area contributed by atoms with Crippen LogP contribution < -0.4 is 0 Å². The number of alkyl halides is 1. The Hall–Kier alpha value is -1.01. The summed E-state index contributed by atoms with van der Waals surface area (Å²) in [5, 5.41) is 11.7. The van der Waals surface area contributed by atoms with Gasteiger partial charge >= 0.3 is 0 Å². The molecule has 0 saturated heterocycles. The van der Waals surface area contributed by atoms with Crippen LogP contribution in [0.3, 0.4) is 0 Å². The molecule has 0 fully saturated rings. The predicted molar refractivity (Wildman–Crippen MR) is 58.0 cm³/mol. The largest absolute Gasteiger partial charge is 0.243 e. The quantitative estimate of drug-likeness (QED) is 0.772. The van der Waals surface area contributed by atoms with Gasteiger partial charge < -0.3 is 0 Å². The Bertz CT molecular complexity index is 449. The Morgan fingerprint density at radius 3 is 3.00 bits per heavy atom. The van der Waals surface area contributed by atoms with Gasteiger partial charge in [0.2, 0.25) is 0 Å². The van der Waals surface area contributed by atoms with Gasteiger partial charge in [0.15, 0.2) is 0 Å². The lowest BCUT2D eigenvalue weighted by Gasteiger charge is -2.05. The molecule has 2 aromatic rings. The molecule has 5 nitrogen and oxygen atoms in total. The lowest BCUT2D eigenvalue weighted by atomic mass is 10.3. The summed E-state index contributed by atoms with van der Waals surface area (Å²) < 4.78 is 5.65. The number of rotatable bonds is 3. The molecule has 0 radical (unpaired) electrons. The number of aryl methyl sites for hydroxylation is 1. The van der Waals surface area contributed by atoms with E-state index >= 15 is 0 Å². The summed E-state index contributed by atoms with van der Waals surface area (Å²) in [6.07, 6.45) is 1.68. The summed E-state index contributed by atoms with van der Waals surface area (Å²) in [6.45, 7) is 4.46. The molecule has 80 valence electrons. The van der Waals surface area contributed by atoms with Gasteiger partial charge in [-0.05, 0) is 25.4 Å². The molecule has 1 atom stereocenters. The second-order valence-corrected chi connectivity index (χ2v) is 4.71. The minimum atomic E-state index is -0.0961. The molecular weight excluding hydrogens is 234 g/mol. The summed E-state index contributed by atoms with van der Waals surface area (Å²) in [7, 11) is 0. The summed E-state index contributed by atoms with van der Waals surface area (Å²) >= 11 is 7.38.